The van der Waals surface area contributed by atoms with Crippen molar-refractivity contribution in [2.75, 3.05) is 18.7 Å². The highest BCUT2D eigenvalue weighted by Crippen LogP contribution is 2.16. The Hall–Kier alpha value is -1.75. The van der Waals surface area contributed by atoms with Gasteiger partial charge in [-0.15, -0.1) is 11.8 Å². The van der Waals surface area contributed by atoms with Crippen molar-refractivity contribution in [2.24, 2.45) is 0 Å². The molecule has 2 rings (SSSR count). The zero-order valence-corrected chi connectivity index (χ0v) is 11.2. The maximum atomic E-state index is 5.19. The predicted octanol–water partition coefficient (Wildman–Crippen LogP) is 2.82. The molecule has 1 aromatic heterocycles. The number of thioether (sulfide) groups is 1. The number of nitrogens with one attached hydrogen (secondary N) is 1. The monoisotopic (exact) mass is 261 g/mol. The number of hydrogen-bond donors (Lipinski definition) is 1. The smallest absolute Gasteiger partial charge is 0.130 e. The van der Waals surface area contributed by atoms with E-state index in [0.717, 1.165) is 22.2 Å². The number of nitrogens with zero attached hydrogens (tertiary/aromatic N) is 2. The van der Waals surface area contributed by atoms with Gasteiger partial charge in [-0.25, -0.2) is 9.97 Å². The van der Waals surface area contributed by atoms with E-state index in [9.17, 15) is 0 Å². The number of hydrogen-bond acceptors (Lipinski definition) is 5. The molecule has 0 amide bonds. The van der Waals surface area contributed by atoms with Gasteiger partial charge in [-0.3, -0.25) is 0 Å². The Morgan fingerprint density at radius 1 is 1.28 bits per heavy atom. The van der Waals surface area contributed by atoms with Gasteiger partial charge in [0.1, 0.15) is 22.9 Å². The third-order valence-electron chi connectivity index (χ3n) is 2.46. The van der Waals surface area contributed by atoms with Gasteiger partial charge in [0.2, 0.25) is 0 Å². The Morgan fingerprint density at radius 3 is 2.94 bits per heavy atom. The lowest BCUT2D eigenvalue weighted by Crippen LogP contribution is -2.02. The van der Waals surface area contributed by atoms with E-state index in [1.165, 1.54) is 0 Å². The lowest BCUT2D eigenvalue weighted by molar-refractivity contribution is 0.414. The van der Waals surface area contributed by atoms with Crippen LogP contribution in [-0.2, 0) is 6.54 Å². The van der Waals surface area contributed by atoms with E-state index >= 15 is 0 Å². The molecule has 0 saturated heterocycles. The summed E-state index contributed by atoms with van der Waals surface area (Å²) in [6.45, 7) is 0.710. The van der Waals surface area contributed by atoms with Crippen molar-refractivity contribution in [2.45, 2.75) is 11.6 Å². The minimum Gasteiger partial charge on any atom is -0.497 e. The van der Waals surface area contributed by atoms with E-state index in [-0.39, 0.29) is 0 Å². The molecular formula is C13H15N3OS. The van der Waals surface area contributed by atoms with Crippen LogP contribution in [-0.4, -0.2) is 23.3 Å². The quantitative estimate of drug-likeness (QED) is 0.662. The van der Waals surface area contributed by atoms with E-state index in [1.54, 1.807) is 25.2 Å². The van der Waals surface area contributed by atoms with Gasteiger partial charge in [0, 0.05) is 12.6 Å². The minimum atomic E-state index is 0.710. The molecule has 1 N–H and O–H groups in total. The van der Waals surface area contributed by atoms with Gasteiger partial charge in [-0.1, -0.05) is 12.1 Å². The van der Waals surface area contributed by atoms with Gasteiger partial charge in [0.05, 0.1) is 7.11 Å². The summed E-state index contributed by atoms with van der Waals surface area (Å²) in [5, 5.41) is 4.22. The second kappa shape index (κ2) is 6.26. The summed E-state index contributed by atoms with van der Waals surface area (Å²) in [5.41, 5.74) is 1.15. The Bertz CT molecular complexity index is 472. The fourth-order valence-corrected chi connectivity index (χ4v) is 1.90. The molecule has 0 aliphatic rings. The van der Waals surface area contributed by atoms with Gasteiger partial charge < -0.3 is 10.1 Å². The predicted molar refractivity (Wildman–Crippen MR) is 74.1 cm³/mol. The van der Waals surface area contributed by atoms with Crippen molar-refractivity contribution in [1.29, 1.82) is 0 Å². The van der Waals surface area contributed by atoms with Gasteiger partial charge >= 0.3 is 0 Å². The van der Waals surface area contributed by atoms with Crippen LogP contribution >= 0.6 is 11.8 Å². The number of benzene rings is 1. The van der Waals surface area contributed by atoms with E-state index in [1.807, 2.05) is 36.6 Å². The Labute approximate surface area is 111 Å². The first kappa shape index (κ1) is 12.7. The second-order valence-corrected chi connectivity index (χ2v) is 4.48. The number of ether oxygens (including phenoxy) is 1. The highest BCUT2D eigenvalue weighted by molar-refractivity contribution is 7.98. The van der Waals surface area contributed by atoms with Crippen molar-refractivity contribution in [3.8, 4) is 5.75 Å². The van der Waals surface area contributed by atoms with Crippen LogP contribution in [0.15, 0.2) is 41.7 Å². The fraction of sp³-hybridized carbons (Fsp3) is 0.231. The Kier molecular flexibility index (Phi) is 4.41. The fourth-order valence-electron chi connectivity index (χ4n) is 1.52. The molecule has 5 heteroatoms. The molecule has 0 bridgehead atoms. The minimum absolute atomic E-state index is 0.710. The number of aromatic nitrogens is 2. The zero-order valence-electron chi connectivity index (χ0n) is 10.4. The van der Waals surface area contributed by atoms with Crippen molar-refractivity contribution >= 4 is 17.6 Å². The Balaban J connectivity index is 2.01. The molecule has 94 valence electrons. The normalized spacial score (nSPS) is 10.1. The largest absolute Gasteiger partial charge is 0.497 e. The summed E-state index contributed by atoms with van der Waals surface area (Å²) in [6.07, 6.45) is 3.56. The van der Waals surface area contributed by atoms with Crippen LogP contribution in [0, 0.1) is 0 Å². The molecule has 2 aromatic rings. The highest BCUT2D eigenvalue weighted by Gasteiger charge is 1.99. The van der Waals surface area contributed by atoms with Crippen LogP contribution in [0.25, 0.3) is 0 Å². The Morgan fingerprint density at radius 2 is 2.17 bits per heavy atom. The molecule has 0 aliphatic carbocycles. The summed E-state index contributed by atoms with van der Waals surface area (Å²) in [5.74, 6) is 1.69. The summed E-state index contributed by atoms with van der Waals surface area (Å²) >= 11 is 1.60. The van der Waals surface area contributed by atoms with Gasteiger partial charge in [-0.2, -0.15) is 0 Å². The van der Waals surface area contributed by atoms with Gasteiger partial charge in [0.25, 0.3) is 0 Å². The first-order chi connectivity index (χ1) is 8.81. The van der Waals surface area contributed by atoms with Crippen molar-refractivity contribution in [1.82, 2.24) is 9.97 Å². The van der Waals surface area contributed by atoms with Crippen molar-refractivity contribution in [3.05, 3.63) is 42.2 Å². The SMILES string of the molecule is COc1cccc(CNc2cc(SC)ncn2)c1. The number of anilines is 1. The summed E-state index contributed by atoms with van der Waals surface area (Å²) in [7, 11) is 1.67. The average molecular weight is 261 g/mol. The molecule has 1 aromatic carbocycles. The standard InChI is InChI=1S/C13H15N3OS/c1-17-11-5-3-4-10(6-11)8-14-12-7-13(18-2)16-9-15-12/h3-7,9H,8H2,1-2H3,(H,14,15,16). The van der Waals surface area contributed by atoms with Crippen LogP contribution in [0.2, 0.25) is 0 Å². The lowest BCUT2D eigenvalue weighted by Gasteiger charge is -2.07. The van der Waals surface area contributed by atoms with Crippen LogP contribution in [0.3, 0.4) is 0 Å². The molecule has 0 fully saturated rings. The van der Waals surface area contributed by atoms with Gasteiger partial charge in [0.15, 0.2) is 0 Å². The van der Waals surface area contributed by atoms with Crippen LogP contribution in [0.1, 0.15) is 5.56 Å². The van der Waals surface area contributed by atoms with Crippen LogP contribution in [0.5, 0.6) is 5.75 Å². The van der Waals surface area contributed by atoms with Crippen LogP contribution in [0.4, 0.5) is 5.82 Å². The third kappa shape index (κ3) is 3.37. The number of rotatable bonds is 5. The molecule has 1 heterocycles. The van der Waals surface area contributed by atoms with E-state index < -0.39 is 0 Å². The first-order valence-corrected chi connectivity index (χ1v) is 6.77. The van der Waals surface area contributed by atoms with Crippen molar-refractivity contribution < 1.29 is 4.74 Å². The van der Waals surface area contributed by atoms with E-state index in [0.29, 0.717) is 6.54 Å². The lowest BCUT2D eigenvalue weighted by atomic mass is 10.2. The molecule has 0 atom stereocenters. The summed E-state index contributed by atoms with van der Waals surface area (Å²) in [6, 6.07) is 9.89. The highest BCUT2D eigenvalue weighted by atomic mass is 32.2. The third-order valence-corrected chi connectivity index (χ3v) is 3.10. The van der Waals surface area contributed by atoms with Crippen molar-refractivity contribution in [3.63, 3.8) is 0 Å². The topological polar surface area (TPSA) is 47.0 Å². The molecule has 0 saturated carbocycles. The molecule has 18 heavy (non-hydrogen) atoms. The first-order valence-electron chi connectivity index (χ1n) is 5.54. The van der Waals surface area contributed by atoms with Gasteiger partial charge in [-0.05, 0) is 24.0 Å². The summed E-state index contributed by atoms with van der Waals surface area (Å²) < 4.78 is 5.19. The maximum absolute atomic E-state index is 5.19. The molecule has 0 unspecified atom stereocenters. The number of methoxy groups -OCH3 is 1. The average Bonchev–Trinajstić information content (AvgIpc) is 2.45. The zero-order chi connectivity index (χ0) is 12.8. The molecule has 0 radical (unpaired) electrons. The van der Waals surface area contributed by atoms with E-state index in [4.69, 9.17) is 4.74 Å². The molecular weight excluding hydrogens is 246 g/mol. The van der Waals surface area contributed by atoms with Crippen LogP contribution < -0.4 is 10.1 Å². The molecule has 4 nitrogen and oxygen atoms in total. The second-order valence-electron chi connectivity index (χ2n) is 3.65. The molecule has 0 spiro atoms. The summed E-state index contributed by atoms with van der Waals surface area (Å²) in [4.78, 5) is 8.31. The maximum Gasteiger partial charge on any atom is 0.130 e. The molecule has 0 aliphatic heterocycles. The van der Waals surface area contributed by atoms with E-state index in [2.05, 4.69) is 15.3 Å².